The molecular weight excluding hydrogens is 176 g/mol. The van der Waals surface area contributed by atoms with Crippen molar-refractivity contribution in [2.45, 2.75) is 6.04 Å². The molecule has 1 aromatic carbocycles. The second-order valence-electron chi connectivity index (χ2n) is 2.58. The molecule has 70 valence electrons. The van der Waals surface area contributed by atoms with Crippen molar-refractivity contribution in [3.63, 3.8) is 0 Å². The number of phenolic OH excluding ortho intramolecular Hbond substituents is 1. The quantitative estimate of drug-likeness (QED) is 0.691. The summed E-state index contributed by atoms with van der Waals surface area (Å²) in [7, 11) is 0. The molecule has 0 heterocycles. The van der Waals surface area contributed by atoms with E-state index in [1.165, 1.54) is 6.08 Å². The molecule has 0 bridgehead atoms. The molecule has 3 N–H and O–H groups in total. The van der Waals surface area contributed by atoms with Crippen LogP contribution >= 0.6 is 0 Å². The minimum atomic E-state index is -0.870. The summed E-state index contributed by atoms with van der Waals surface area (Å²) in [4.78, 5) is 0. The van der Waals surface area contributed by atoms with Crippen LogP contribution in [0.4, 0.5) is 8.78 Å². The number of hydrogen-bond acceptors (Lipinski definition) is 2. The van der Waals surface area contributed by atoms with Crippen molar-refractivity contribution in [2.24, 2.45) is 5.73 Å². The normalized spacial score (nSPS) is 12.5. The second kappa shape index (κ2) is 3.53. The van der Waals surface area contributed by atoms with Gasteiger partial charge in [-0.15, -0.1) is 6.58 Å². The Bertz CT molecular complexity index is 315. The zero-order chi connectivity index (χ0) is 10.0. The molecule has 0 amide bonds. The summed E-state index contributed by atoms with van der Waals surface area (Å²) >= 11 is 0. The van der Waals surface area contributed by atoms with E-state index in [2.05, 4.69) is 6.58 Å². The summed E-state index contributed by atoms with van der Waals surface area (Å²) in [6, 6.07) is 0.640. The molecule has 1 rings (SSSR count). The second-order valence-corrected chi connectivity index (χ2v) is 2.58. The average molecular weight is 185 g/mol. The monoisotopic (exact) mass is 185 g/mol. The van der Waals surface area contributed by atoms with E-state index in [1.54, 1.807) is 0 Å². The molecule has 4 heteroatoms. The van der Waals surface area contributed by atoms with E-state index in [0.29, 0.717) is 6.07 Å². The Morgan fingerprint density at radius 1 is 1.46 bits per heavy atom. The van der Waals surface area contributed by atoms with Gasteiger partial charge in [-0.05, 0) is 0 Å². The minimum absolute atomic E-state index is 0.142. The fourth-order valence-electron chi connectivity index (χ4n) is 1.02. The maximum atomic E-state index is 13.0. The van der Waals surface area contributed by atoms with E-state index < -0.39 is 23.4 Å². The van der Waals surface area contributed by atoms with Gasteiger partial charge in [0.05, 0.1) is 11.6 Å². The fraction of sp³-hybridized carbons (Fsp3) is 0.111. The highest BCUT2D eigenvalue weighted by atomic mass is 19.1. The van der Waals surface area contributed by atoms with Gasteiger partial charge in [-0.1, -0.05) is 6.08 Å². The molecule has 1 atom stereocenters. The van der Waals surface area contributed by atoms with Crippen LogP contribution < -0.4 is 5.73 Å². The summed E-state index contributed by atoms with van der Waals surface area (Å²) in [5, 5.41) is 9.17. The van der Waals surface area contributed by atoms with Gasteiger partial charge in [-0.3, -0.25) is 0 Å². The first kappa shape index (κ1) is 9.67. The summed E-state index contributed by atoms with van der Waals surface area (Å²) in [6.07, 6.45) is 1.26. The molecule has 0 saturated carbocycles. The lowest BCUT2D eigenvalue weighted by atomic mass is 10.1. The predicted molar refractivity (Wildman–Crippen MR) is 45.1 cm³/mol. The van der Waals surface area contributed by atoms with E-state index in [-0.39, 0.29) is 5.56 Å². The molecule has 0 unspecified atom stereocenters. The van der Waals surface area contributed by atoms with Crippen molar-refractivity contribution < 1.29 is 13.9 Å². The largest absolute Gasteiger partial charge is 0.507 e. The van der Waals surface area contributed by atoms with Gasteiger partial charge >= 0.3 is 0 Å². The number of phenols is 1. The molecular formula is C9H9F2NO. The topological polar surface area (TPSA) is 46.2 Å². The Morgan fingerprint density at radius 2 is 2.08 bits per heavy atom. The van der Waals surface area contributed by atoms with Gasteiger partial charge in [0.2, 0.25) is 0 Å². The first-order valence-corrected chi connectivity index (χ1v) is 3.62. The molecule has 0 aromatic heterocycles. The van der Waals surface area contributed by atoms with Crippen molar-refractivity contribution in [2.75, 3.05) is 0 Å². The highest BCUT2D eigenvalue weighted by molar-refractivity contribution is 5.38. The zero-order valence-electron chi connectivity index (χ0n) is 6.80. The smallest absolute Gasteiger partial charge is 0.134 e. The zero-order valence-corrected chi connectivity index (χ0v) is 6.80. The number of hydrogen-bond donors (Lipinski definition) is 2. The van der Waals surface area contributed by atoms with E-state index in [0.717, 1.165) is 6.07 Å². The first-order chi connectivity index (χ1) is 6.06. The van der Waals surface area contributed by atoms with Gasteiger partial charge in [0.15, 0.2) is 0 Å². The van der Waals surface area contributed by atoms with Crippen LogP contribution in [0, 0.1) is 11.6 Å². The van der Waals surface area contributed by atoms with Crippen molar-refractivity contribution in [1.82, 2.24) is 0 Å². The molecule has 0 fully saturated rings. The van der Waals surface area contributed by atoms with E-state index >= 15 is 0 Å². The van der Waals surface area contributed by atoms with Gasteiger partial charge in [0.1, 0.15) is 17.4 Å². The highest BCUT2D eigenvalue weighted by Crippen LogP contribution is 2.27. The molecule has 0 aliphatic rings. The Labute approximate surface area is 74.3 Å². The van der Waals surface area contributed by atoms with Crippen LogP contribution in [0.3, 0.4) is 0 Å². The van der Waals surface area contributed by atoms with Crippen LogP contribution in [-0.4, -0.2) is 5.11 Å². The van der Waals surface area contributed by atoms with E-state index in [4.69, 9.17) is 10.8 Å². The van der Waals surface area contributed by atoms with Crippen molar-refractivity contribution >= 4 is 0 Å². The summed E-state index contributed by atoms with van der Waals surface area (Å²) in [5.74, 6) is -2.20. The minimum Gasteiger partial charge on any atom is -0.507 e. The Morgan fingerprint density at radius 3 is 2.54 bits per heavy atom. The lowest BCUT2D eigenvalue weighted by Crippen LogP contribution is -2.09. The highest BCUT2D eigenvalue weighted by Gasteiger charge is 2.14. The maximum absolute atomic E-state index is 13.0. The fourth-order valence-corrected chi connectivity index (χ4v) is 1.02. The first-order valence-electron chi connectivity index (χ1n) is 3.62. The third-order valence-corrected chi connectivity index (χ3v) is 1.66. The lowest BCUT2D eigenvalue weighted by Gasteiger charge is -2.09. The Kier molecular flexibility index (Phi) is 2.63. The molecule has 2 nitrogen and oxygen atoms in total. The van der Waals surface area contributed by atoms with Crippen molar-refractivity contribution in [1.29, 1.82) is 0 Å². The third kappa shape index (κ3) is 1.84. The third-order valence-electron chi connectivity index (χ3n) is 1.66. The van der Waals surface area contributed by atoms with Crippen LogP contribution in [-0.2, 0) is 0 Å². The summed E-state index contributed by atoms with van der Waals surface area (Å²) in [6.45, 7) is 3.35. The number of halogens is 2. The molecule has 0 saturated heterocycles. The standard InChI is InChI=1S/C9H9F2NO/c1-2-7(12)9-6(11)3-5(10)4-8(9)13/h2-4,7,13H,1,12H2/t7-/m1/s1. The molecule has 1 aromatic rings. The molecule has 0 spiro atoms. The van der Waals surface area contributed by atoms with Crippen LogP contribution in [0.5, 0.6) is 5.75 Å². The average Bonchev–Trinajstić information content (AvgIpc) is 2.02. The van der Waals surface area contributed by atoms with Crippen molar-refractivity contribution in [3.8, 4) is 5.75 Å². The number of rotatable bonds is 2. The molecule has 0 aliphatic carbocycles. The Balaban J connectivity index is 3.28. The predicted octanol–water partition coefficient (Wildman–Crippen LogP) is 1.86. The van der Waals surface area contributed by atoms with Gasteiger partial charge in [0, 0.05) is 12.1 Å². The maximum Gasteiger partial charge on any atom is 0.134 e. The Hall–Kier alpha value is -1.42. The number of aromatic hydroxyl groups is 1. The molecule has 0 aliphatic heterocycles. The van der Waals surface area contributed by atoms with E-state index in [9.17, 15) is 8.78 Å². The number of nitrogens with two attached hydrogens (primary N) is 1. The van der Waals surface area contributed by atoms with Gasteiger partial charge in [-0.25, -0.2) is 8.78 Å². The van der Waals surface area contributed by atoms with Gasteiger partial charge in [-0.2, -0.15) is 0 Å². The van der Waals surface area contributed by atoms with Crippen LogP contribution in [0.2, 0.25) is 0 Å². The van der Waals surface area contributed by atoms with Crippen molar-refractivity contribution in [3.05, 3.63) is 42.0 Å². The van der Waals surface area contributed by atoms with Gasteiger partial charge in [0.25, 0.3) is 0 Å². The molecule has 13 heavy (non-hydrogen) atoms. The van der Waals surface area contributed by atoms with Gasteiger partial charge < -0.3 is 10.8 Å². The summed E-state index contributed by atoms with van der Waals surface area (Å²) in [5.41, 5.74) is 5.26. The SMILES string of the molecule is C=C[C@@H](N)c1c(O)cc(F)cc1F. The van der Waals surface area contributed by atoms with Crippen LogP contribution in [0.15, 0.2) is 24.8 Å². The van der Waals surface area contributed by atoms with Crippen LogP contribution in [0.25, 0.3) is 0 Å². The lowest BCUT2D eigenvalue weighted by molar-refractivity contribution is 0.446. The number of benzene rings is 1. The molecule has 0 radical (unpaired) electrons. The van der Waals surface area contributed by atoms with Crippen LogP contribution in [0.1, 0.15) is 11.6 Å². The summed E-state index contributed by atoms with van der Waals surface area (Å²) < 4.78 is 25.5. The van der Waals surface area contributed by atoms with E-state index in [1.807, 2.05) is 0 Å².